The van der Waals surface area contributed by atoms with Gasteiger partial charge in [0.25, 0.3) is 10.0 Å². The Balaban J connectivity index is 1.78. The van der Waals surface area contributed by atoms with Gasteiger partial charge in [-0.3, -0.25) is 14.6 Å². The van der Waals surface area contributed by atoms with E-state index >= 15 is 0 Å². The molecule has 0 saturated heterocycles. The molecule has 2 atom stereocenters. The standard InChI is InChI=1S/C17H15ClN2O4S/c1-10(21)11-4-5-15(18)16(7-11)25(23,24)20-17(22)14-8-13(14)12-3-2-6-19-9-12/h2-7,9,13-14H,8H2,1H3,(H,20,22). The van der Waals surface area contributed by atoms with Gasteiger partial charge in [0.05, 0.1) is 5.02 Å². The molecule has 0 spiro atoms. The van der Waals surface area contributed by atoms with Crippen molar-refractivity contribution in [2.75, 3.05) is 0 Å². The molecule has 1 saturated carbocycles. The maximum Gasteiger partial charge on any atom is 0.265 e. The van der Waals surface area contributed by atoms with Gasteiger partial charge in [0, 0.05) is 23.9 Å². The molecule has 1 aliphatic rings. The Kier molecular flexibility index (Phi) is 4.62. The zero-order valence-electron chi connectivity index (χ0n) is 13.3. The lowest BCUT2D eigenvalue weighted by molar-refractivity contribution is -0.120. The van der Waals surface area contributed by atoms with Gasteiger partial charge in [-0.25, -0.2) is 13.1 Å². The highest BCUT2D eigenvalue weighted by Crippen LogP contribution is 2.47. The van der Waals surface area contributed by atoms with E-state index in [0.29, 0.717) is 6.42 Å². The first kappa shape index (κ1) is 17.6. The number of carbonyl (C=O) groups is 2. The summed E-state index contributed by atoms with van der Waals surface area (Å²) in [5.41, 5.74) is 1.11. The molecule has 0 aliphatic heterocycles. The molecule has 1 N–H and O–H groups in total. The highest BCUT2D eigenvalue weighted by atomic mass is 35.5. The molecule has 1 aliphatic carbocycles. The number of carbonyl (C=O) groups excluding carboxylic acids is 2. The van der Waals surface area contributed by atoms with E-state index in [1.54, 1.807) is 18.5 Å². The smallest absolute Gasteiger partial charge is 0.265 e. The highest BCUT2D eigenvalue weighted by molar-refractivity contribution is 7.90. The Morgan fingerprint density at radius 1 is 1.28 bits per heavy atom. The number of nitrogens with one attached hydrogen (secondary N) is 1. The van der Waals surface area contributed by atoms with Crippen LogP contribution in [0.4, 0.5) is 0 Å². The molecule has 0 bridgehead atoms. The van der Waals surface area contributed by atoms with Crippen LogP contribution in [-0.4, -0.2) is 25.1 Å². The van der Waals surface area contributed by atoms with Crippen molar-refractivity contribution in [1.82, 2.24) is 9.71 Å². The minimum Gasteiger partial charge on any atom is -0.295 e. The summed E-state index contributed by atoms with van der Waals surface area (Å²) < 4.78 is 27.0. The van der Waals surface area contributed by atoms with Crippen molar-refractivity contribution in [1.29, 1.82) is 0 Å². The summed E-state index contributed by atoms with van der Waals surface area (Å²) in [7, 11) is -4.16. The monoisotopic (exact) mass is 378 g/mol. The molecule has 1 fully saturated rings. The molecule has 1 heterocycles. The average molecular weight is 379 g/mol. The summed E-state index contributed by atoms with van der Waals surface area (Å²) >= 11 is 5.94. The van der Waals surface area contributed by atoms with Crippen LogP contribution in [0.15, 0.2) is 47.6 Å². The third-order valence-electron chi connectivity index (χ3n) is 4.10. The number of Topliss-reactive ketones (excluding diaryl/α,β-unsaturated/α-hetero) is 1. The summed E-state index contributed by atoms with van der Waals surface area (Å²) in [4.78, 5) is 27.4. The Hall–Kier alpha value is -2.25. The van der Waals surface area contributed by atoms with Gasteiger partial charge in [-0.05, 0) is 49.1 Å². The lowest BCUT2D eigenvalue weighted by Crippen LogP contribution is -2.32. The van der Waals surface area contributed by atoms with Gasteiger partial charge in [0.1, 0.15) is 4.90 Å². The summed E-state index contributed by atoms with van der Waals surface area (Å²) in [5, 5.41) is -0.0510. The molecular formula is C17H15ClN2O4S. The van der Waals surface area contributed by atoms with E-state index in [1.165, 1.54) is 25.1 Å². The number of benzene rings is 1. The minimum absolute atomic E-state index is 0.0390. The van der Waals surface area contributed by atoms with Crippen molar-refractivity contribution in [2.24, 2.45) is 5.92 Å². The molecule has 1 aromatic heterocycles. The summed E-state index contributed by atoms with van der Waals surface area (Å²) in [6.07, 6.45) is 3.86. The number of hydrogen-bond acceptors (Lipinski definition) is 5. The van der Waals surface area contributed by atoms with Crippen LogP contribution in [0.25, 0.3) is 0 Å². The van der Waals surface area contributed by atoms with E-state index in [9.17, 15) is 18.0 Å². The molecule has 3 rings (SSSR count). The van der Waals surface area contributed by atoms with E-state index in [4.69, 9.17) is 11.6 Å². The first-order chi connectivity index (χ1) is 11.8. The van der Waals surface area contributed by atoms with Crippen LogP contribution in [0.3, 0.4) is 0 Å². The number of pyridine rings is 1. The van der Waals surface area contributed by atoms with E-state index in [1.807, 2.05) is 6.07 Å². The maximum absolute atomic E-state index is 12.5. The first-order valence-electron chi connectivity index (χ1n) is 7.56. The zero-order chi connectivity index (χ0) is 18.2. The fourth-order valence-corrected chi connectivity index (χ4v) is 4.20. The van der Waals surface area contributed by atoms with Crippen LogP contribution in [-0.2, 0) is 14.8 Å². The second-order valence-electron chi connectivity index (χ2n) is 5.91. The molecule has 2 unspecified atom stereocenters. The van der Waals surface area contributed by atoms with Crippen LogP contribution in [0, 0.1) is 5.92 Å². The molecule has 1 amide bonds. The molecule has 0 radical (unpaired) electrons. The zero-order valence-corrected chi connectivity index (χ0v) is 14.8. The number of nitrogens with zero attached hydrogens (tertiary/aromatic N) is 1. The second-order valence-corrected chi connectivity index (χ2v) is 7.96. The number of halogens is 1. The number of ketones is 1. The van der Waals surface area contributed by atoms with Crippen molar-refractivity contribution in [3.05, 3.63) is 58.9 Å². The minimum atomic E-state index is -4.16. The lowest BCUT2D eigenvalue weighted by atomic mass is 10.1. The van der Waals surface area contributed by atoms with Gasteiger partial charge in [-0.2, -0.15) is 0 Å². The quantitative estimate of drug-likeness (QED) is 0.807. The Labute approximate surface area is 150 Å². The normalized spacial score (nSPS) is 19.3. The Bertz CT molecular complexity index is 944. The third kappa shape index (κ3) is 3.72. The molecular weight excluding hydrogens is 364 g/mol. The van der Waals surface area contributed by atoms with Gasteiger partial charge in [0.15, 0.2) is 5.78 Å². The Morgan fingerprint density at radius 2 is 2.04 bits per heavy atom. The average Bonchev–Trinajstić information content (AvgIpc) is 3.36. The lowest BCUT2D eigenvalue weighted by Gasteiger charge is -2.09. The third-order valence-corrected chi connectivity index (χ3v) is 5.93. The van der Waals surface area contributed by atoms with E-state index in [-0.39, 0.29) is 27.2 Å². The predicted octanol–water partition coefficient (Wildman–Crippen LogP) is 2.55. The topological polar surface area (TPSA) is 93.2 Å². The van der Waals surface area contributed by atoms with Crippen LogP contribution in [0.1, 0.15) is 35.2 Å². The molecule has 1 aromatic carbocycles. The predicted molar refractivity (Wildman–Crippen MR) is 91.9 cm³/mol. The van der Waals surface area contributed by atoms with Crippen molar-refractivity contribution < 1.29 is 18.0 Å². The molecule has 25 heavy (non-hydrogen) atoms. The maximum atomic E-state index is 12.5. The molecule has 130 valence electrons. The van der Waals surface area contributed by atoms with Crippen molar-refractivity contribution in [2.45, 2.75) is 24.2 Å². The number of sulfonamides is 1. The van der Waals surface area contributed by atoms with Gasteiger partial charge in [-0.1, -0.05) is 17.7 Å². The van der Waals surface area contributed by atoms with Crippen LogP contribution >= 0.6 is 11.6 Å². The number of rotatable bonds is 5. The highest BCUT2D eigenvalue weighted by Gasteiger charge is 2.45. The Morgan fingerprint density at radius 3 is 2.68 bits per heavy atom. The summed E-state index contributed by atoms with van der Waals surface area (Å²) in [6, 6.07) is 7.56. The van der Waals surface area contributed by atoms with Gasteiger partial charge >= 0.3 is 0 Å². The van der Waals surface area contributed by atoms with Crippen LogP contribution in [0.2, 0.25) is 5.02 Å². The van der Waals surface area contributed by atoms with Crippen LogP contribution in [0.5, 0.6) is 0 Å². The summed E-state index contributed by atoms with van der Waals surface area (Å²) in [6.45, 7) is 1.32. The van der Waals surface area contributed by atoms with Gasteiger partial charge in [-0.15, -0.1) is 0 Å². The summed E-state index contributed by atoms with van der Waals surface area (Å²) in [5.74, 6) is -1.34. The molecule has 2 aromatic rings. The number of aromatic nitrogens is 1. The van der Waals surface area contributed by atoms with Crippen molar-refractivity contribution in [3.63, 3.8) is 0 Å². The first-order valence-corrected chi connectivity index (χ1v) is 9.43. The van der Waals surface area contributed by atoms with Gasteiger partial charge < -0.3 is 0 Å². The van der Waals surface area contributed by atoms with E-state index in [2.05, 4.69) is 9.71 Å². The number of amides is 1. The molecule has 6 nitrogen and oxygen atoms in total. The fourth-order valence-electron chi connectivity index (χ4n) is 2.64. The second kappa shape index (κ2) is 6.57. The van der Waals surface area contributed by atoms with E-state index < -0.39 is 21.8 Å². The molecule has 8 heteroatoms. The SMILES string of the molecule is CC(=O)c1ccc(Cl)c(S(=O)(=O)NC(=O)C2CC2c2cccnc2)c1. The fraction of sp³-hybridized carbons (Fsp3) is 0.235. The van der Waals surface area contributed by atoms with Crippen molar-refractivity contribution in [3.8, 4) is 0 Å². The van der Waals surface area contributed by atoms with Gasteiger partial charge in [0.2, 0.25) is 5.91 Å². The van der Waals surface area contributed by atoms with Crippen molar-refractivity contribution >= 4 is 33.3 Å². The largest absolute Gasteiger partial charge is 0.295 e. The number of hydrogen-bond donors (Lipinski definition) is 1. The van der Waals surface area contributed by atoms with Crippen LogP contribution < -0.4 is 4.72 Å². The van der Waals surface area contributed by atoms with E-state index in [0.717, 1.165) is 5.56 Å².